The van der Waals surface area contributed by atoms with Crippen LogP contribution in [-0.4, -0.2) is 12.2 Å². The summed E-state index contributed by atoms with van der Waals surface area (Å²) in [6.45, 7) is 1.78. The Balaban J connectivity index is 3.50. The lowest BCUT2D eigenvalue weighted by atomic mass is 10.2. The second kappa shape index (κ2) is 4.49. The molecule has 4 nitrogen and oxygen atoms in total. The number of benzene rings is 1. The Kier molecular flexibility index (Phi) is 3.32. The lowest BCUT2D eigenvalue weighted by Crippen LogP contribution is -1.76. The first-order chi connectivity index (χ1) is 6.69. The van der Waals surface area contributed by atoms with Gasteiger partial charge in [-0.2, -0.15) is 9.98 Å². The zero-order valence-corrected chi connectivity index (χ0v) is 8.00. The van der Waals surface area contributed by atoms with E-state index in [2.05, 4.69) is 9.98 Å². The van der Waals surface area contributed by atoms with Gasteiger partial charge in [0.1, 0.15) is 11.4 Å². The van der Waals surface area contributed by atoms with Crippen LogP contribution < -0.4 is 0 Å². The van der Waals surface area contributed by atoms with E-state index in [9.17, 15) is 9.59 Å². The summed E-state index contributed by atoms with van der Waals surface area (Å²) < 4.78 is 0. The molecule has 0 saturated carbocycles. The van der Waals surface area contributed by atoms with Gasteiger partial charge in [0.2, 0.25) is 12.2 Å². The van der Waals surface area contributed by atoms with E-state index in [0.29, 0.717) is 0 Å². The SMILES string of the molecule is Cc1cc(Cl)c(N=C=O)c(N=C=O)c1. The minimum atomic E-state index is 0.135. The Morgan fingerprint density at radius 1 is 1.21 bits per heavy atom. The number of aliphatic imine (C=N–C) groups is 2. The fourth-order valence-electron chi connectivity index (χ4n) is 1.01. The van der Waals surface area contributed by atoms with Crippen LogP contribution in [0, 0.1) is 6.92 Å². The van der Waals surface area contributed by atoms with Crippen LogP contribution in [0.4, 0.5) is 11.4 Å². The molecule has 1 aromatic rings. The summed E-state index contributed by atoms with van der Waals surface area (Å²) in [4.78, 5) is 26.9. The lowest BCUT2D eigenvalue weighted by Gasteiger charge is -2.01. The summed E-state index contributed by atoms with van der Waals surface area (Å²) in [5, 5.41) is 0.252. The molecule has 5 heteroatoms. The van der Waals surface area contributed by atoms with Gasteiger partial charge in [0.15, 0.2) is 0 Å². The summed E-state index contributed by atoms with van der Waals surface area (Å²) in [7, 11) is 0. The van der Waals surface area contributed by atoms with Gasteiger partial charge in [0.05, 0.1) is 5.02 Å². The highest BCUT2D eigenvalue weighted by Gasteiger charge is 2.06. The van der Waals surface area contributed by atoms with E-state index in [4.69, 9.17) is 11.6 Å². The average Bonchev–Trinajstić information content (AvgIpc) is 2.11. The molecule has 0 bridgehead atoms. The first kappa shape index (κ1) is 10.4. The van der Waals surface area contributed by atoms with Crippen molar-refractivity contribution in [2.24, 2.45) is 9.98 Å². The number of isocyanates is 2. The van der Waals surface area contributed by atoms with Crippen molar-refractivity contribution < 1.29 is 9.59 Å². The van der Waals surface area contributed by atoms with Crippen LogP contribution >= 0.6 is 11.6 Å². The van der Waals surface area contributed by atoms with Crippen LogP contribution in [0.15, 0.2) is 22.1 Å². The van der Waals surface area contributed by atoms with E-state index in [0.717, 1.165) is 5.56 Å². The zero-order chi connectivity index (χ0) is 10.6. The van der Waals surface area contributed by atoms with Gasteiger partial charge in [-0.05, 0) is 24.6 Å². The Hall–Kier alpha value is -1.73. The van der Waals surface area contributed by atoms with Crippen molar-refractivity contribution in [3.05, 3.63) is 22.7 Å². The number of carbonyl (C=O) groups excluding carboxylic acids is 2. The molecule has 1 aromatic carbocycles. The van der Waals surface area contributed by atoms with E-state index < -0.39 is 0 Å². The van der Waals surface area contributed by atoms with Gasteiger partial charge in [-0.3, -0.25) is 0 Å². The molecule has 14 heavy (non-hydrogen) atoms. The van der Waals surface area contributed by atoms with E-state index in [1.165, 1.54) is 12.2 Å². The predicted octanol–water partition coefficient (Wildman–Crippen LogP) is 2.58. The number of aryl methyl sites for hydroxylation is 1. The second-order valence-electron chi connectivity index (χ2n) is 2.52. The molecular weight excluding hydrogens is 204 g/mol. The summed E-state index contributed by atoms with van der Waals surface area (Å²) in [5.41, 5.74) is 1.16. The molecule has 0 aliphatic rings. The molecular formula is C9H5ClN2O2. The molecule has 0 unspecified atom stereocenters. The normalized spacial score (nSPS) is 8.71. The van der Waals surface area contributed by atoms with Crippen molar-refractivity contribution in [1.29, 1.82) is 0 Å². The maximum Gasteiger partial charge on any atom is 0.240 e. The monoisotopic (exact) mass is 208 g/mol. The molecule has 0 heterocycles. The molecule has 0 aliphatic carbocycles. The molecule has 0 spiro atoms. The summed E-state index contributed by atoms with van der Waals surface area (Å²) >= 11 is 5.79. The van der Waals surface area contributed by atoms with Crippen molar-refractivity contribution >= 4 is 35.1 Å². The molecule has 0 N–H and O–H groups in total. The number of nitrogens with zero attached hydrogens (tertiary/aromatic N) is 2. The largest absolute Gasteiger partial charge is 0.240 e. The van der Waals surface area contributed by atoms with Gasteiger partial charge in [0, 0.05) is 0 Å². The number of halogens is 1. The van der Waals surface area contributed by atoms with Crippen molar-refractivity contribution in [3.63, 3.8) is 0 Å². The minimum absolute atomic E-state index is 0.135. The molecule has 0 radical (unpaired) electrons. The van der Waals surface area contributed by atoms with Gasteiger partial charge < -0.3 is 0 Å². The van der Waals surface area contributed by atoms with E-state index >= 15 is 0 Å². The van der Waals surface area contributed by atoms with Crippen molar-refractivity contribution in [2.45, 2.75) is 6.92 Å². The van der Waals surface area contributed by atoms with Gasteiger partial charge in [-0.25, -0.2) is 9.59 Å². The quantitative estimate of drug-likeness (QED) is 0.554. The second-order valence-corrected chi connectivity index (χ2v) is 2.93. The highest BCUT2D eigenvalue weighted by atomic mass is 35.5. The molecule has 0 fully saturated rings. The van der Waals surface area contributed by atoms with Crippen LogP contribution in [0.2, 0.25) is 5.02 Å². The summed E-state index contributed by atoms with van der Waals surface area (Å²) in [6, 6.07) is 3.19. The fraction of sp³-hybridized carbons (Fsp3) is 0.111. The molecule has 0 amide bonds. The first-order valence-corrected chi connectivity index (χ1v) is 4.02. The molecule has 0 aliphatic heterocycles. The minimum Gasteiger partial charge on any atom is -0.211 e. The molecule has 0 saturated heterocycles. The number of hydrogen-bond donors (Lipinski definition) is 0. The Morgan fingerprint density at radius 2 is 1.86 bits per heavy atom. The van der Waals surface area contributed by atoms with Crippen molar-refractivity contribution in [1.82, 2.24) is 0 Å². The van der Waals surface area contributed by atoms with Gasteiger partial charge in [-0.15, -0.1) is 0 Å². The third kappa shape index (κ3) is 2.15. The van der Waals surface area contributed by atoms with Crippen LogP contribution in [0.3, 0.4) is 0 Å². The first-order valence-electron chi connectivity index (χ1n) is 3.65. The fourth-order valence-corrected chi connectivity index (χ4v) is 1.32. The number of rotatable bonds is 2. The third-order valence-corrected chi connectivity index (χ3v) is 1.80. The standard InChI is InChI=1S/C9H5ClN2O2/c1-6-2-7(10)9(12-5-14)8(3-6)11-4-13/h2-3H,1H3. The molecule has 70 valence electrons. The topological polar surface area (TPSA) is 58.9 Å². The van der Waals surface area contributed by atoms with Gasteiger partial charge >= 0.3 is 0 Å². The predicted molar refractivity (Wildman–Crippen MR) is 51.8 cm³/mol. The van der Waals surface area contributed by atoms with Crippen LogP contribution in [-0.2, 0) is 9.59 Å². The van der Waals surface area contributed by atoms with Crippen molar-refractivity contribution in [3.8, 4) is 0 Å². The van der Waals surface area contributed by atoms with Crippen LogP contribution in [0.25, 0.3) is 0 Å². The highest BCUT2D eigenvalue weighted by Crippen LogP contribution is 2.35. The lowest BCUT2D eigenvalue weighted by molar-refractivity contribution is 0.564. The summed E-state index contributed by atoms with van der Waals surface area (Å²) in [6.07, 6.45) is 2.71. The van der Waals surface area contributed by atoms with E-state index in [1.807, 2.05) is 0 Å². The summed E-state index contributed by atoms with van der Waals surface area (Å²) in [5.74, 6) is 0. The Morgan fingerprint density at radius 3 is 2.43 bits per heavy atom. The van der Waals surface area contributed by atoms with Gasteiger partial charge in [0.25, 0.3) is 0 Å². The molecule has 0 atom stereocenters. The molecule has 0 aromatic heterocycles. The Bertz CT molecular complexity index is 458. The highest BCUT2D eigenvalue weighted by molar-refractivity contribution is 6.33. The average molecular weight is 209 g/mol. The third-order valence-electron chi connectivity index (χ3n) is 1.51. The van der Waals surface area contributed by atoms with Crippen LogP contribution in [0.1, 0.15) is 5.56 Å². The number of hydrogen-bond acceptors (Lipinski definition) is 4. The van der Waals surface area contributed by atoms with E-state index in [1.54, 1.807) is 19.1 Å². The maximum atomic E-state index is 10.1. The van der Waals surface area contributed by atoms with Gasteiger partial charge in [-0.1, -0.05) is 11.6 Å². The van der Waals surface area contributed by atoms with Crippen LogP contribution in [0.5, 0.6) is 0 Å². The molecule has 1 rings (SSSR count). The zero-order valence-electron chi connectivity index (χ0n) is 7.24. The van der Waals surface area contributed by atoms with E-state index in [-0.39, 0.29) is 16.4 Å². The Labute approximate surface area is 84.9 Å². The maximum absolute atomic E-state index is 10.1. The smallest absolute Gasteiger partial charge is 0.211 e. The van der Waals surface area contributed by atoms with Crippen molar-refractivity contribution in [2.75, 3.05) is 0 Å².